The largest absolute Gasteiger partial charge is 0.508 e. The second-order valence-electron chi connectivity index (χ2n) is 6.20. The van der Waals surface area contributed by atoms with Crippen molar-refractivity contribution in [3.63, 3.8) is 0 Å². The first-order chi connectivity index (χ1) is 12.0. The zero-order valence-electron chi connectivity index (χ0n) is 15.0. The molecular formula is C20H26O5. The minimum atomic E-state index is -0.436. The summed E-state index contributed by atoms with van der Waals surface area (Å²) in [6, 6.07) is 4.33. The zero-order chi connectivity index (χ0) is 18.2. The summed E-state index contributed by atoms with van der Waals surface area (Å²) in [5, 5.41) is 10.2. The van der Waals surface area contributed by atoms with Crippen LogP contribution in [0.25, 0.3) is 11.0 Å². The van der Waals surface area contributed by atoms with Gasteiger partial charge in [0.25, 0.3) is 0 Å². The Balaban J connectivity index is 2.25. The lowest BCUT2D eigenvalue weighted by Crippen LogP contribution is -2.11. The van der Waals surface area contributed by atoms with Gasteiger partial charge < -0.3 is 14.3 Å². The van der Waals surface area contributed by atoms with Crippen LogP contribution in [0, 0.1) is 0 Å². The number of aryl methyl sites for hydroxylation is 1. The van der Waals surface area contributed by atoms with Crippen LogP contribution in [0.3, 0.4) is 0 Å². The Bertz CT molecular complexity index is 775. The molecule has 0 unspecified atom stereocenters. The van der Waals surface area contributed by atoms with E-state index in [1.807, 2.05) is 0 Å². The Kier molecular flexibility index (Phi) is 7.04. The molecule has 5 heteroatoms. The number of unbranched alkanes of at least 4 members (excludes halogenated alkanes) is 4. The predicted octanol–water partition coefficient (Wildman–Crippen LogP) is 4.12. The number of esters is 1. The van der Waals surface area contributed by atoms with Crippen LogP contribution in [0.2, 0.25) is 0 Å². The second-order valence-corrected chi connectivity index (χ2v) is 6.20. The number of rotatable bonds is 9. The highest BCUT2D eigenvalue weighted by Gasteiger charge is 2.15. The summed E-state index contributed by atoms with van der Waals surface area (Å²) in [7, 11) is 0. The number of fused-ring (bicyclic) bond motifs is 1. The standard InChI is InChI=1S/C20H26O5/c1-3-5-6-7-8-9-16-13-17(22)20-14(11-19(23)24-4-2)10-15(21)12-18(20)25-16/h10,12-13,21H,3-9,11H2,1-2H3. The van der Waals surface area contributed by atoms with Crippen molar-refractivity contribution in [2.75, 3.05) is 6.61 Å². The van der Waals surface area contributed by atoms with Crippen LogP contribution in [-0.2, 0) is 22.4 Å². The number of hydrogen-bond acceptors (Lipinski definition) is 5. The van der Waals surface area contributed by atoms with Crippen molar-refractivity contribution < 1.29 is 19.1 Å². The van der Waals surface area contributed by atoms with Gasteiger partial charge in [-0.05, 0) is 25.0 Å². The molecule has 0 fully saturated rings. The molecule has 2 rings (SSSR count). The molecule has 1 aromatic heterocycles. The van der Waals surface area contributed by atoms with Gasteiger partial charge in [-0.1, -0.05) is 32.6 Å². The van der Waals surface area contributed by atoms with Gasteiger partial charge >= 0.3 is 5.97 Å². The maximum atomic E-state index is 12.5. The molecule has 25 heavy (non-hydrogen) atoms. The number of benzene rings is 1. The van der Waals surface area contributed by atoms with E-state index in [4.69, 9.17) is 9.15 Å². The maximum absolute atomic E-state index is 12.5. The van der Waals surface area contributed by atoms with Crippen LogP contribution < -0.4 is 5.43 Å². The zero-order valence-corrected chi connectivity index (χ0v) is 15.0. The van der Waals surface area contributed by atoms with E-state index in [9.17, 15) is 14.7 Å². The van der Waals surface area contributed by atoms with E-state index >= 15 is 0 Å². The van der Waals surface area contributed by atoms with Gasteiger partial charge in [-0.3, -0.25) is 9.59 Å². The van der Waals surface area contributed by atoms with E-state index in [0.717, 1.165) is 12.8 Å². The van der Waals surface area contributed by atoms with Crippen LogP contribution >= 0.6 is 0 Å². The predicted molar refractivity (Wildman–Crippen MR) is 96.9 cm³/mol. The topological polar surface area (TPSA) is 76.7 Å². The molecule has 1 aromatic carbocycles. The molecule has 0 aliphatic rings. The molecule has 0 aliphatic heterocycles. The fourth-order valence-corrected chi connectivity index (χ4v) is 2.94. The van der Waals surface area contributed by atoms with Crippen molar-refractivity contribution in [3.8, 4) is 5.75 Å². The molecule has 2 aromatic rings. The van der Waals surface area contributed by atoms with Crippen molar-refractivity contribution >= 4 is 16.9 Å². The van der Waals surface area contributed by atoms with Crippen molar-refractivity contribution in [2.24, 2.45) is 0 Å². The molecule has 0 saturated carbocycles. The van der Waals surface area contributed by atoms with Crippen LogP contribution in [-0.4, -0.2) is 17.7 Å². The van der Waals surface area contributed by atoms with Gasteiger partial charge in [0.15, 0.2) is 5.43 Å². The number of ether oxygens (including phenoxy) is 1. The summed E-state index contributed by atoms with van der Waals surface area (Å²) >= 11 is 0. The summed E-state index contributed by atoms with van der Waals surface area (Å²) in [5.41, 5.74) is 0.552. The summed E-state index contributed by atoms with van der Waals surface area (Å²) in [6.45, 7) is 4.16. The molecule has 0 saturated heterocycles. The Morgan fingerprint density at radius 1 is 1.12 bits per heavy atom. The van der Waals surface area contributed by atoms with E-state index in [2.05, 4.69) is 6.92 Å². The lowest BCUT2D eigenvalue weighted by molar-refractivity contribution is -0.142. The molecule has 0 bridgehead atoms. The lowest BCUT2D eigenvalue weighted by Gasteiger charge is -2.08. The Morgan fingerprint density at radius 3 is 2.60 bits per heavy atom. The first-order valence-electron chi connectivity index (χ1n) is 8.99. The summed E-state index contributed by atoms with van der Waals surface area (Å²) in [6.07, 6.45) is 6.27. The van der Waals surface area contributed by atoms with Gasteiger partial charge in [-0.2, -0.15) is 0 Å². The smallest absolute Gasteiger partial charge is 0.310 e. The first-order valence-corrected chi connectivity index (χ1v) is 8.99. The third-order valence-electron chi connectivity index (χ3n) is 4.11. The van der Waals surface area contributed by atoms with Crippen molar-refractivity contribution in [1.82, 2.24) is 0 Å². The Morgan fingerprint density at radius 2 is 1.88 bits per heavy atom. The SMILES string of the molecule is CCCCCCCc1cc(=O)c2c(CC(=O)OCC)cc(O)cc2o1. The van der Waals surface area contributed by atoms with Gasteiger partial charge in [0.2, 0.25) is 0 Å². The third kappa shape index (κ3) is 5.34. The minimum absolute atomic E-state index is 0.0324. The number of hydrogen-bond donors (Lipinski definition) is 1. The molecule has 5 nitrogen and oxygen atoms in total. The highest BCUT2D eigenvalue weighted by atomic mass is 16.5. The average molecular weight is 346 g/mol. The fourth-order valence-electron chi connectivity index (χ4n) is 2.94. The molecule has 0 radical (unpaired) electrons. The fraction of sp³-hybridized carbons (Fsp3) is 0.500. The molecule has 1 heterocycles. The van der Waals surface area contributed by atoms with Crippen molar-refractivity contribution in [2.45, 2.75) is 58.8 Å². The third-order valence-corrected chi connectivity index (χ3v) is 4.11. The molecular weight excluding hydrogens is 320 g/mol. The van der Waals surface area contributed by atoms with Crippen LogP contribution in [0.4, 0.5) is 0 Å². The molecule has 136 valence electrons. The van der Waals surface area contributed by atoms with Gasteiger partial charge in [-0.25, -0.2) is 0 Å². The number of phenols is 1. The van der Waals surface area contributed by atoms with Gasteiger partial charge in [0.1, 0.15) is 17.1 Å². The summed E-state index contributed by atoms with van der Waals surface area (Å²) in [5.74, 6) is 0.144. The molecule has 0 spiro atoms. The van der Waals surface area contributed by atoms with Crippen molar-refractivity contribution in [3.05, 3.63) is 39.7 Å². The van der Waals surface area contributed by atoms with E-state index in [1.165, 1.54) is 37.5 Å². The molecule has 0 atom stereocenters. The Labute approximate surface area is 147 Å². The molecule has 0 aliphatic carbocycles. The van der Waals surface area contributed by atoms with Gasteiger partial charge in [0.05, 0.1) is 18.4 Å². The minimum Gasteiger partial charge on any atom is -0.508 e. The molecule has 1 N–H and O–H groups in total. The average Bonchev–Trinajstić information content (AvgIpc) is 2.54. The van der Waals surface area contributed by atoms with Crippen LogP contribution in [0.1, 0.15) is 57.3 Å². The quantitative estimate of drug-likeness (QED) is 0.546. The van der Waals surface area contributed by atoms with Gasteiger partial charge in [-0.15, -0.1) is 0 Å². The van der Waals surface area contributed by atoms with E-state index in [-0.39, 0.29) is 24.2 Å². The second kappa shape index (κ2) is 9.25. The lowest BCUT2D eigenvalue weighted by atomic mass is 10.0. The normalized spacial score (nSPS) is 11.0. The number of aromatic hydroxyl groups is 1. The number of phenolic OH excluding ortho intramolecular Hbond substituents is 1. The Hall–Kier alpha value is -2.30. The maximum Gasteiger partial charge on any atom is 0.310 e. The van der Waals surface area contributed by atoms with E-state index < -0.39 is 5.97 Å². The summed E-state index contributed by atoms with van der Waals surface area (Å²) in [4.78, 5) is 24.2. The monoisotopic (exact) mass is 346 g/mol. The van der Waals surface area contributed by atoms with Crippen LogP contribution in [0.15, 0.2) is 27.4 Å². The first kappa shape index (κ1) is 19.0. The number of carbonyl (C=O) groups is 1. The van der Waals surface area contributed by atoms with E-state index in [0.29, 0.717) is 28.7 Å². The highest BCUT2D eigenvalue weighted by Crippen LogP contribution is 2.24. The van der Waals surface area contributed by atoms with Crippen LogP contribution in [0.5, 0.6) is 5.75 Å². The molecule has 0 amide bonds. The van der Waals surface area contributed by atoms with Gasteiger partial charge in [0, 0.05) is 18.6 Å². The highest BCUT2D eigenvalue weighted by molar-refractivity contribution is 5.86. The van der Waals surface area contributed by atoms with E-state index in [1.54, 1.807) is 6.92 Å². The van der Waals surface area contributed by atoms with Crippen molar-refractivity contribution in [1.29, 1.82) is 0 Å². The summed E-state index contributed by atoms with van der Waals surface area (Å²) < 4.78 is 10.7. The number of carbonyl (C=O) groups excluding carboxylic acids is 1.